The van der Waals surface area contributed by atoms with Crippen LogP contribution < -0.4 is 16.6 Å². The third kappa shape index (κ3) is 4.14. The van der Waals surface area contributed by atoms with Crippen molar-refractivity contribution in [2.45, 2.75) is 46.6 Å². The third-order valence-corrected chi connectivity index (χ3v) is 2.95. The number of aromatic amines is 1. The summed E-state index contributed by atoms with van der Waals surface area (Å²) in [6.45, 7) is 9.01. The minimum atomic E-state index is -0.121. The fourth-order valence-electron chi connectivity index (χ4n) is 1.82. The molecule has 5 nitrogen and oxygen atoms in total. The molecule has 0 radical (unpaired) electrons. The highest BCUT2D eigenvalue weighted by Crippen LogP contribution is 2.24. The van der Waals surface area contributed by atoms with Gasteiger partial charge in [0, 0.05) is 18.5 Å². The maximum absolute atomic E-state index is 11.5. The summed E-state index contributed by atoms with van der Waals surface area (Å²) in [5, 5.41) is 3.32. The lowest BCUT2D eigenvalue weighted by atomic mass is 9.85. The number of nitrogens with one attached hydrogen (secondary N) is 2. The number of H-pyrrole nitrogens is 1. The van der Waals surface area contributed by atoms with Gasteiger partial charge in [-0.05, 0) is 18.4 Å². The van der Waals surface area contributed by atoms with Crippen LogP contribution in [0.5, 0.6) is 0 Å². The van der Waals surface area contributed by atoms with Crippen molar-refractivity contribution in [2.75, 3.05) is 11.9 Å². The highest BCUT2D eigenvalue weighted by molar-refractivity contribution is 5.35. The summed E-state index contributed by atoms with van der Waals surface area (Å²) < 4.78 is 0. The smallest absolute Gasteiger partial charge is 0.252 e. The van der Waals surface area contributed by atoms with Gasteiger partial charge in [-0.25, -0.2) is 4.98 Å². The van der Waals surface area contributed by atoms with Gasteiger partial charge in [-0.3, -0.25) is 4.79 Å². The van der Waals surface area contributed by atoms with E-state index >= 15 is 0 Å². The summed E-state index contributed by atoms with van der Waals surface area (Å²) in [6, 6.07) is 1.69. The number of anilines is 1. The van der Waals surface area contributed by atoms with Crippen molar-refractivity contribution in [1.29, 1.82) is 0 Å². The van der Waals surface area contributed by atoms with Crippen LogP contribution in [0, 0.1) is 5.41 Å². The van der Waals surface area contributed by atoms with Crippen molar-refractivity contribution in [2.24, 2.45) is 11.1 Å². The standard InChI is InChI=1S/C13H24N4O/c1-5-10-16-11(8-12(18)17-10)15-9(6-7-14)13(2,3)4/h8-9H,5-7,14H2,1-4H3,(H2,15,16,17,18). The average molecular weight is 252 g/mol. The van der Waals surface area contributed by atoms with E-state index in [0.29, 0.717) is 24.6 Å². The molecule has 0 aliphatic carbocycles. The molecule has 1 atom stereocenters. The molecule has 0 amide bonds. The summed E-state index contributed by atoms with van der Waals surface area (Å²) >= 11 is 0. The molecule has 0 bridgehead atoms. The van der Waals surface area contributed by atoms with Crippen molar-refractivity contribution >= 4 is 5.82 Å². The van der Waals surface area contributed by atoms with Crippen molar-refractivity contribution < 1.29 is 0 Å². The minimum Gasteiger partial charge on any atom is -0.367 e. The maximum Gasteiger partial charge on any atom is 0.252 e. The van der Waals surface area contributed by atoms with Gasteiger partial charge < -0.3 is 16.0 Å². The van der Waals surface area contributed by atoms with Gasteiger partial charge in [-0.2, -0.15) is 0 Å². The Labute approximate surface area is 108 Å². The molecule has 5 heteroatoms. The van der Waals surface area contributed by atoms with Gasteiger partial charge in [-0.1, -0.05) is 27.7 Å². The zero-order chi connectivity index (χ0) is 13.8. The summed E-state index contributed by atoms with van der Waals surface area (Å²) in [5.74, 6) is 1.33. The highest BCUT2D eigenvalue weighted by Gasteiger charge is 2.24. The predicted octanol–water partition coefficient (Wildman–Crippen LogP) is 1.51. The Hall–Kier alpha value is -1.36. The van der Waals surface area contributed by atoms with Crippen molar-refractivity contribution in [3.63, 3.8) is 0 Å². The molecule has 0 aliphatic heterocycles. The molecule has 1 aromatic rings. The molecular weight excluding hydrogens is 228 g/mol. The van der Waals surface area contributed by atoms with Gasteiger partial charge in [0.2, 0.25) is 0 Å². The molecular formula is C13H24N4O. The lowest BCUT2D eigenvalue weighted by Gasteiger charge is -2.31. The van der Waals surface area contributed by atoms with E-state index in [2.05, 4.69) is 36.1 Å². The van der Waals surface area contributed by atoms with Crippen LogP contribution in [0.3, 0.4) is 0 Å². The SMILES string of the molecule is CCc1nc(NC(CCN)C(C)(C)C)cc(=O)[nH]1. The van der Waals surface area contributed by atoms with E-state index in [1.54, 1.807) is 0 Å². The summed E-state index contributed by atoms with van der Waals surface area (Å²) in [6.07, 6.45) is 1.56. The Morgan fingerprint density at radius 3 is 2.67 bits per heavy atom. The normalized spacial score (nSPS) is 13.4. The minimum absolute atomic E-state index is 0.0655. The second-order valence-electron chi connectivity index (χ2n) is 5.57. The van der Waals surface area contributed by atoms with E-state index in [-0.39, 0.29) is 17.0 Å². The molecule has 0 saturated carbocycles. The van der Waals surface area contributed by atoms with Gasteiger partial charge >= 0.3 is 0 Å². The number of nitrogens with two attached hydrogens (primary N) is 1. The van der Waals surface area contributed by atoms with E-state index in [4.69, 9.17) is 5.73 Å². The lowest BCUT2D eigenvalue weighted by molar-refractivity contribution is 0.328. The molecule has 1 heterocycles. The van der Waals surface area contributed by atoms with E-state index in [0.717, 1.165) is 6.42 Å². The van der Waals surface area contributed by atoms with E-state index in [9.17, 15) is 4.79 Å². The van der Waals surface area contributed by atoms with Gasteiger partial charge in [0.25, 0.3) is 5.56 Å². The van der Waals surface area contributed by atoms with E-state index in [1.165, 1.54) is 6.07 Å². The molecule has 1 unspecified atom stereocenters. The number of hydrogen-bond acceptors (Lipinski definition) is 4. The molecule has 0 spiro atoms. The highest BCUT2D eigenvalue weighted by atomic mass is 16.1. The summed E-state index contributed by atoms with van der Waals surface area (Å²) in [5.41, 5.74) is 5.58. The molecule has 18 heavy (non-hydrogen) atoms. The predicted molar refractivity (Wildman–Crippen MR) is 74.8 cm³/mol. The summed E-state index contributed by atoms with van der Waals surface area (Å²) in [4.78, 5) is 18.6. The van der Waals surface area contributed by atoms with Gasteiger partial charge in [0.05, 0.1) is 0 Å². The second-order valence-corrected chi connectivity index (χ2v) is 5.57. The van der Waals surface area contributed by atoms with Gasteiger partial charge in [0.15, 0.2) is 0 Å². The molecule has 4 N–H and O–H groups in total. The Balaban J connectivity index is 2.93. The van der Waals surface area contributed by atoms with Crippen LogP contribution >= 0.6 is 0 Å². The molecule has 102 valence electrons. The molecule has 1 aromatic heterocycles. The molecule has 0 fully saturated rings. The molecule has 0 aromatic carbocycles. The first-order chi connectivity index (χ1) is 8.36. The Bertz CT molecular complexity index is 433. The quantitative estimate of drug-likeness (QED) is 0.741. The van der Waals surface area contributed by atoms with Crippen LogP contribution in [0.15, 0.2) is 10.9 Å². The second kappa shape index (κ2) is 6.00. The van der Waals surface area contributed by atoms with Crippen molar-refractivity contribution in [1.82, 2.24) is 9.97 Å². The largest absolute Gasteiger partial charge is 0.367 e. The van der Waals surface area contributed by atoms with Gasteiger partial charge in [-0.15, -0.1) is 0 Å². The van der Waals surface area contributed by atoms with Crippen LogP contribution in [0.1, 0.15) is 39.9 Å². The van der Waals surface area contributed by atoms with E-state index < -0.39 is 0 Å². The van der Waals surface area contributed by atoms with Gasteiger partial charge in [0.1, 0.15) is 11.6 Å². The number of aromatic nitrogens is 2. The Morgan fingerprint density at radius 2 is 2.17 bits per heavy atom. The fraction of sp³-hybridized carbons (Fsp3) is 0.692. The number of hydrogen-bond donors (Lipinski definition) is 3. The molecule has 1 rings (SSSR count). The average Bonchev–Trinajstić information content (AvgIpc) is 2.26. The molecule has 0 aliphatic rings. The Morgan fingerprint density at radius 1 is 1.50 bits per heavy atom. The van der Waals surface area contributed by atoms with Crippen LogP contribution in [0.4, 0.5) is 5.82 Å². The maximum atomic E-state index is 11.5. The van der Waals surface area contributed by atoms with Crippen molar-refractivity contribution in [3.8, 4) is 0 Å². The Kier molecular flexibility index (Phi) is 4.90. The summed E-state index contributed by atoms with van der Waals surface area (Å²) in [7, 11) is 0. The monoisotopic (exact) mass is 252 g/mol. The van der Waals surface area contributed by atoms with Crippen LogP contribution in [0.2, 0.25) is 0 Å². The van der Waals surface area contributed by atoms with Crippen LogP contribution in [-0.4, -0.2) is 22.6 Å². The van der Waals surface area contributed by atoms with Crippen LogP contribution in [-0.2, 0) is 6.42 Å². The fourth-order valence-corrected chi connectivity index (χ4v) is 1.82. The van der Waals surface area contributed by atoms with Crippen molar-refractivity contribution in [3.05, 3.63) is 22.2 Å². The first-order valence-electron chi connectivity index (χ1n) is 6.43. The number of nitrogens with zero attached hydrogens (tertiary/aromatic N) is 1. The van der Waals surface area contributed by atoms with E-state index in [1.807, 2.05) is 6.92 Å². The zero-order valence-electron chi connectivity index (χ0n) is 11.7. The van der Waals surface area contributed by atoms with Crippen LogP contribution in [0.25, 0.3) is 0 Å². The first kappa shape index (κ1) is 14.7. The topological polar surface area (TPSA) is 83.8 Å². The number of rotatable bonds is 5. The first-order valence-corrected chi connectivity index (χ1v) is 6.43. The zero-order valence-corrected chi connectivity index (χ0v) is 11.7. The lowest BCUT2D eigenvalue weighted by Crippen LogP contribution is -2.36. The molecule has 0 saturated heterocycles. The third-order valence-electron chi connectivity index (χ3n) is 2.95. The number of aryl methyl sites for hydroxylation is 1.